The average Bonchev–Trinajstić information content (AvgIpc) is 3.48. The minimum Gasteiger partial charge on any atom is -0.494 e. The SMILES string of the molecule is C=CC(=O)OCCCCCCOc1ccc(-c2nc3c4ccccc4c4ccccc4c3n2CCCCCCOC(=O)C=C)cc1. The zero-order valence-electron chi connectivity index (χ0n) is 26.4. The minimum atomic E-state index is -0.371. The minimum absolute atomic E-state index is 0.370. The van der Waals surface area contributed by atoms with E-state index >= 15 is 0 Å². The zero-order valence-corrected chi connectivity index (χ0v) is 26.4. The summed E-state index contributed by atoms with van der Waals surface area (Å²) in [7, 11) is 0. The lowest BCUT2D eigenvalue weighted by Crippen LogP contribution is -2.03. The smallest absolute Gasteiger partial charge is 0.330 e. The van der Waals surface area contributed by atoms with E-state index in [9.17, 15) is 9.59 Å². The lowest BCUT2D eigenvalue weighted by Gasteiger charge is -2.13. The number of carbonyl (C=O) groups is 2. The summed E-state index contributed by atoms with van der Waals surface area (Å²) in [6.07, 6.45) is 9.96. The Kier molecular flexibility index (Phi) is 11.6. The third kappa shape index (κ3) is 8.02. The average molecular weight is 619 g/mol. The van der Waals surface area contributed by atoms with Crippen molar-refractivity contribution in [3.63, 3.8) is 0 Å². The topological polar surface area (TPSA) is 79.7 Å². The molecule has 1 heterocycles. The van der Waals surface area contributed by atoms with Crippen LogP contribution in [0.25, 0.3) is 44.0 Å². The van der Waals surface area contributed by atoms with Gasteiger partial charge in [-0.05, 0) is 80.0 Å². The van der Waals surface area contributed by atoms with Crippen molar-refractivity contribution in [1.29, 1.82) is 0 Å². The Balaban J connectivity index is 1.31. The fourth-order valence-corrected chi connectivity index (χ4v) is 5.84. The van der Waals surface area contributed by atoms with Crippen LogP contribution >= 0.6 is 0 Å². The number of rotatable bonds is 18. The molecule has 0 saturated heterocycles. The van der Waals surface area contributed by atoms with E-state index in [2.05, 4.69) is 78.4 Å². The molecule has 4 aromatic carbocycles. The number of carbonyl (C=O) groups excluding carboxylic acids is 2. The molecule has 7 nitrogen and oxygen atoms in total. The van der Waals surface area contributed by atoms with E-state index in [1.807, 2.05) is 12.1 Å². The number of esters is 2. The van der Waals surface area contributed by atoms with Gasteiger partial charge in [0.05, 0.1) is 30.9 Å². The summed E-state index contributed by atoms with van der Waals surface area (Å²) < 4.78 is 18.6. The van der Waals surface area contributed by atoms with Crippen molar-refractivity contribution in [2.75, 3.05) is 19.8 Å². The van der Waals surface area contributed by atoms with Crippen molar-refractivity contribution < 1.29 is 23.8 Å². The maximum atomic E-state index is 11.3. The van der Waals surface area contributed by atoms with E-state index in [0.29, 0.717) is 19.8 Å². The summed E-state index contributed by atoms with van der Waals surface area (Å²) >= 11 is 0. The van der Waals surface area contributed by atoms with Crippen LogP contribution in [0.5, 0.6) is 5.75 Å². The maximum absolute atomic E-state index is 11.3. The van der Waals surface area contributed by atoms with E-state index in [1.54, 1.807) is 0 Å². The zero-order chi connectivity index (χ0) is 32.1. The van der Waals surface area contributed by atoms with Gasteiger partial charge in [-0.2, -0.15) is 0 Å². The number of imidazole rings is 1. The fourth-order valence-electron chi connectivity index (χ4n) is 5.84. The van der Waals surface area contributed by atoms with Gasteiger partial charge in [0.1, 0.15) is 11.6 Å². The standard InChI is InChI=1S/C39H42N2O5/c1-3-35(42)45-27-15-6-5-13-25-41-38-34-20-12-10-18-32(34)31-17-9-11-19-33(31)37(38)40-39(41)29-21-23-30(24-22-29)44-26-14-7-8-16-28-46-36(43)4-2/h3-4,9-12,17-24H,1-2,5-8,13-16,25-28H2. The van der Waals surface area contributed by atoms with Gasteiger partial charge in [0, 0.05) is 35.0 Å². The molecule has 238 valence electrons. The predicted molar refractivity (Wildman–Crippen MR) is 185 cm³/mol. The number of aromatic nitrogens is 2. The highest BCUT2D eigenvalue weighted by Gasteiger charge is 2.18. The van der Waals surface area contributed by atoms with Gasteiger partial charge >= 0.3 is 11.9 Å². The highest BCUT2D eigenvalue weighted by Crippen LogP contribution is 2.37. The maximum Gasteiger partial charge on any atom is 0.330 e. The number of fused-ring (bicyclic) bond motifs is 6. The summed E-state index contributed by atoms with van der Waals surface area (Å²) in [6, 6.07) is 25.3. The molecule has 46 heavy (non-hydrogen) atoms. The first-order valence-corrected chi connectivity index (χ1v) is 16.2. The third-order valence-corrected chi connectivity index (χ3v) is 8.14. The molecule has 0 aliphatic carbocycles. The molecule has 0 saturated carbocycles. The Morgan fingerprint density at radius 1 is 0.630 bits per heavy atom. The van der Waals surface area contributed by atoms with Gasteiger partial charge in [-0.15, -0.1) is 0 Å². The van der Waals surface area contributed by atoms with E-state index in [0.717, 1.165) is 91.5 Å². The highest BCUT2D eigenvalue weighted by atomic mass is 16.5. The molecule has 1 aromatic heterocycles. The first-order chi connectivity index (χ1) is 22.6. The van der Waals surface area contributed by atoms with Gasteiger partial charge in [0.15, 0.2) is 0 Å². The Labute approximate surface area is 270 Å². The van der Waals surface area contributed by atoms with Gasteiger partial charge in [-0.3, -0.25) is 0 Å². The van der Waals surface area contributed by atoms with Gasteiger partial charge < -0.3 is 18.8 Å². The van der Waals surface area contributed by atoms with Crippen LogP contribution in [0.15, 0.2) is 98.1 Å². The largest absolute Gasteiger partial charge is 0.494 e. The molecule has 0 N–H and O–H groups in total. The van der Waals surface area contributed by atoms with Crippen LogP contribution in [-0.2, 0) is 25.6 Å². The Morgan fingerprint density at radius 3 is 1.76 bits per heavy atom. The van der Waals surface area contributed by atoms with Crippen LogP contribution < -0.4 is 4.74 Å². The lowest BCUT2D eigenvalue weighted by atomic mass is 10.00. The number of ether oxygens (including phenoxy) is 3. The highest BCUT2D eigenvalue weighted by molar-refractivity contribution is 6.23. The summed E-state index contributed by atoms with van der Waals surface area (Å²) in [5, 5.41) is 4.78. The number of aryl methyl sites for hydroxylation is 1. The first kappa shape index (κ1) is 32.5. The van der Waals surface area contributed by atoms with Crippen molar-refractivity contribution in [3.8, 4) is 17.1 Å². The molecule has 5 rings (SSSR count). The lowest BCUT2D eigenvalue weighted by molar-refractivity contribution is -0.138. The first-order valence-electron chi connectivity index (χ1n) is 16.2. The molecule has 7 heteroatoms. The quantitative estimate of drug-likeness (QED) is 0.0422. The van der Waals surface area contributed by atoms with E-state index in [-0.39, 0.29) is 11.9 Å². The molecule has 0 aliphatic rings. The monoisotopic (exact) mass is 618 g/mol. The van der Waals surface area contributed by atoms with Gasteiger partial charge in [0.2, 0.25) is 0 Å². The van der Waals surface area contributed by atoms with Crippen molar-refractivity contribution in [2.45, 2.75) is 57.9 Å². The second kappa shape index (κ2) is 16.4. The summed E-state index contributed by atoms with van der Waals surface area (Å²) in [5.41, 5.74) is 3.21. The normalized spacial score (nSPS) is 11.1. The molecule has 0 bridgehead atoms. The van der Waals surface area contributed by atoms with Crippen molar-refractivity contribution >= 4 is 44.5 Å². The number of unbranched alkanes of at least 4 members (excludes halogenated alkanes) is 6. The molecule has 5 aromatic rings. The van der Waals surface area contributed by atoms with Crippen LogP contribution in [0.2, 0.25) is 0 Å². The van der Waals surface area contributed by atoms with Gasteiger partial charge in [-0.25, -0.2) is 14.6 Å². The predicted octanol–water partition coefficient (Wildman–Crippen LogP) is 8.97. The molecular weight excluding hydrogens is 576 g/mol. The van der Waals surface area contributed by atoms with Crippen LogP contribution in [0.4, 0.5) is 0 Å². The molecular formula is C39H42N2O5. The van der Waals surface area contributed by atoms with E-state index in [4.69, 9.17) is 19.2 Å². The Bertz CT molecular complexity index is 1800. The molecule has 0 spiro atoms. The van der Waals surface area contributed by atoms with Crippen LogP contribution in [0.3, 0.4) is 0 Å². The molecule has 0 atom stereocenters. The molecule has 0 radical (unpaired) electrons. The molecule has 0 unspecified atom stereocenters. The second-order valence-corrected chi connectivity index (χ2v) is 11.3. The summed E-state index contributed by atoms with van der Waals surface area (Å²) in [4.78, 5) is 27.8. The molecule has 0 aliphatic heterocycles. The summed E-state index contributed by atoms with van der Waals surface area (Å²) in [6.45, 7) is 9.16. The number of hydrogen-bond acceptors (Lipinski definition) is 6. The Morgan fingerprint density at radius 2 is 1.15 bits per heavy atom. The van der Waals surface area contributed by atoms with Crippen LogP contribution in [0, 0.1) is 0 Å². The fraction of sp³-hybridized carbons (Fsp3) is 0.308. The Hall–Kier alpha value is -4.91. The molecule has 0 fully saturated rings. The van der Waals surface area contributed by atoms with Crippen LogP contribution in [0.1, 0.15) is 51.4 Å². The third-order valence-electron chi connectivity index (χ3n) is 8.14. The van der Waals surface area contributed by atoms with Crippen molar-refractivity contribution in [1.82, 2.24) is 9.55 Å². The van der Waals surface area contributed by atoms with Crippen LogP contribution in [-0.4, -0.2) is 41.3 Å². The van der Waals surface area contributed by atoms with Gasteiger partial charge in [-0.1, -0.05) is 68.1 Å². The van der Waals surface area contributed by atoms with Crippen molar-refractivity contribution in [2.24, 2.45) is 0 Å². The molecule has 0 amide bonds. The van der Waals surface area contributed by atoms with E-state index in [1.165, 1.54) is 28.3 Å². The van der Waals surface area contributed by atoms with Crippen molar-refractivity contribution in [3.05, 3.63) is 98.1 Å². The van der Waals surface area contributed by atoms with Gasteiger partial charge in [0.25, 0.3) is 0 Å². The number of benzene rings is 4. The number of nitrogens with zero attached hydrogens (tertiary/aromatic N) is 2. The van der Waals surface area contributed by atoms with E-state index < -0.39 is 0 Å². The second-order valence-electron chi connectivity index (χ2n) is 11.3. The number of hydrogen-bond donors (Lipinski definition) is 0. The summed E-state index contributed by atoms with van der Waals surface area (Å²) in [5.74, 6) is 1.04.